The van der Waals surface area contributed by atoms with Gasteiger partial charge in [0.05, 0.1) is 23.8 Å². The molecule has 24 heavy (non-hydrogen) atoms. The van der Waals surface area contributed by atoms with Crippen LogP contribution in [0, 0.1) is 11.3 Å². The fraction of sp³-hybridized carbons (Fsp3) is 0.222. The first-order chi connectivity index (χ1) is 11.6. The molecule has 0 aliphatic rings. The highest BCUT2D eigenvalue weighted by molar-refractivity contribution is 7.84. The number of hydrogen-bond acceptors (Lipinski definition) is 4. The van der Waals surface area contributed by atoms with Crippen molar-refractivity contribution in [1.29, 1.82) is 5.26 Å². The number of rotatable bonds is 8. The fourth-order valence-electron chi connectivity index (χ4n) is 2.04. The van der Waals surface area contributed by atoms with E-state index in [0.29, 0.717) is 35.8 Å². The van der Waals surface area contributed by atoms with Gasteiger partial charge in [0.1, 0.15) is 5.75 Å². The molecule has 0 saturated heterocycles. The molecule has 0 amide bonds. The maximum Gasteiger partial charge on any atom is 0.335 e. The van der Waals surface area contributed by atoms with Crippen LogP contribution in [0.25, 0.3) is 0 Å². The molecule has 5 nitrogen and oxygen atoms in total. The number of carboxylic acids is 1. The lowest BCUT2D eigenvalue weighted by Gasteiger charge is -2.07. The van der Waals surface area contributed by atoms with Crippen molar-refractivity contribution in [3.05, 3.63) is 65.2 Å². The number of carboxylic acid groups (broad SMARTS) is 1. The number of ether oxygens (including phenoxy) is 1. The van der Waals surface area contributed by atoms with Crippen molar-refractivity contribution in [2.75, 3.05) is 12.4 Å². The summed E-state index contributed by atoms with van der Waals surface area (Å²) in [6.07, 6.45) is 0.642. The summed E-state index contributed by atoms with van der Waals surface area (Å²) in [6.45, 7) is 0.422. The van der Waals surface area contributed by atoms with Crippen molar-refractivity contribution in [2.24, 2.45) is 0 Å². The number of nitrogens with zero attached hydrogens (tertiary/aromatic N) is 1. The molecule has 1 atom stereocenters. The van der Waals surface area contributed by atoms with Crippen molar-refractivity contribution < 1.29 is 18.8 Å². The van der Waals surface area contributed by atoms with E-state index in [-0.39, 0.29) is 5.56 Å². The second-order valence-corrected chi connectivity index (χ2v) is 6.71. The lowest BCUT2D eigenvalue weighted by molar-refractivity contribution is 0.0697. The number of carbonyl (C=O) groups is 1. The maximum absolute atomic E-state index is 12.0. The van der Waals surface area contributed by atoms with Gasteiger partial charge in [0, 0.05) is 22.3 Å². The summed E-state index contributed by atoms with van der Waals surface area (Å²) in [5, 5.41) is 17.5. The smallest absolute Gasteiger partial charge is 0.335 e. The van der Waals surface area contributed by atoms with E-state index in [2.05, 4.69) is 0 Å². The van der Waals surface area contributed by atoms with Crippen LogP contribution < -0.4 is 4.74 Å². The van der Waals surface area contributed by atoms with Gasteiger partial charge in [-0.3, -0.25) is 4.21 Å². The molecule has 0 aliphatic heterocycles. The van der Waals surface area contributed by atoms with E-state index in [9.17, 15) is 9.00 Å². The highest BCUT2D eigenvalue weighted by Crippen LogP contribution is 2.13. The van der Waals surface area contributed by atoms with Crippen LogP contribution in [0.1, 0.15) is 27.9 Å². The van der Waals surface area contributed by atoms with E-state index in [1.54, 1.807) is 24.3 Å². The molecule has 0 heterocycles. The summed E-state index contributed by atoms with van der Waals surface area (Å²) in [5.74, 6) is 0.601. The second-order valence-electron chi connectivity index (χ2n) is 5.13. The van der Waals surface area contributed by atoms with E-state index in [1.165, 1.54) is 12.1 Å². The summed E-state index contributed by atoms with van der Waals surface area (Å²) < 4.78 is 17.5. The molecule has 2 aromatic carbocycles. The molecule has 1 unspecified atom stereocenters. The molecule has 0 saturated carbocycles. The molecular formula is C18H17NO4S. The van der Waals surface area contributed by atoms with Gasteiger partial charge in [-0.05, 0) is 48.4 Å². The summed E-state index contributed by atoms with van der Waals surface area (Å²) in [6, 6.07) is 15.3. The van der Waals surface area contributed by atoms with Gasteiger partial charge in [-0.1, -0.05) is 12.1 Å². The minimum absolute atomic E-state index is 0.214. The topological polar surface area (TPSA) is 87.4 Å². The van der Waals surface area contributed by atoms with Crippen LogP contribution in [0.15, 0.2) is 48.5 Å². The number of nitriles is 1. The van der Waals surface area contributed by atoms with Crippen molar-refractivity contribution in [1.82, 2.24) is 0 Å². The second kappa shape index (κ2) is 8.85. The van der Waals surface area contributed by atoms with Crippen molar-refractivity contribution in [2.45, 2.75) is 12.2 Å². The normalized spacial score (nSPS) is 11.5. The minimum atomic E-state index is -0.988. The van der Waals surface area contributed by atoms with Gasteiger partial charge in [-0.15, -0.1) is 0 Å². The molecule has 0 spiro atoms. The molecule has 0 fully saturated rings. The van der Waals surface area contributed by atoms with Gasteiger partial charge in [-0.2, -0.15) is 5.26 Å². The Morgan fingerprint density at radius 1 is 1.12 bits per heavy atom. The Morgan fingerprint density at radius 3 is 2.38 bits per heavy atom. The molecular weight excluding hydrogens is 326 g/mol. The largest absolute Gasteiger partial charge is 0.494 e. The highest BCUT2D eigenvalue weighted by atomic mass is 32.2. The van der Waals surface area contributed by atoms with Gasteiger partial charge in [0.25, 0.3) is 0 Å². The lowest BCUT2D eigenvalue weighted by atomic mass is 10.2. The molecule has 6 heteroatoms. The molecule has 2 aromatic rings. The minimum Gasteiger partial charge on any atom is -0.494 e. The number of benzene rings is 2. The summed E-state index contributed by atoms with van der Waals surface area (Å²) in [5.41, 5.74) is 1.75. The van der Waals surface area contributed by atoms with Crippen LogP contribution in [0.3, 0.4) is 0 Å². The summed E-state index contributed by atoms with van der Waals surface area (Å²) >= 11 is 0. The fourth-order valence-corrected chi connectivity index (χ4v) is 3.19. The van der Waals surface area contributed by atoms with Crippen LogP contribution in [-0.4, -0.2) is 27.6 Å². The van der Waals surface area contributed by atoms with Gasteiger partial charge >= 0.3 is 5.97 Å². The Kier molecular flexibility index (Phi) is 6.52. The zero-order valence-electron chi connectivity index (χ0n) is 13.0. The molecule has 1 N–H and O–H groups in total. The van der Waals surface area contributed by atoms with Gasteiger partial charge in [0.15, 0.2) is 0 Å². The monoisotopic (exact) mass is 343 g/mol. The average Bonchev–Trinajstić information content (AvgIpc) is 2.60. The first-order valence-corrected chi connectivity index (χ1v) is 8.87. The van der Waals surface area contributed by atoms with E-state index < -0.39 is 16.8 Å². The summed E-state index contributed by atoms with van der Waals surface area (Å²) in [7, 11) is -0.988. The van der Waals surface area contributed by atoms with Crippen molar-refractivity contribution >= 4 is 16.8 Å². The summed E-state index contributed by atoms with van der Waals surface area (Å²) in [4.78, 5) is 10.7. The molecule has 0 aliphatic carbocycles. The van der Waals surface area contributed by atoms with E-state index in [4.69, 9.17) is 15.1 Å². The molecule has 124 valence electrons. The van der Waals surface area contributed by atoms with Crippen LogP contribution in [-0.2, 0) is 16.6 Å². The Balaban J connectivity index is 1.70. The lowest BCUT2D eigenvalue weighted by Crippen LogP contribution is -2.06. The first-order valence-electron chi connectivity index (χ1n) is 7.38. The Morgan fingerprint density at radius 2 is 1.79 bits per heavy atom. The molecule has 0 aromatic heterocycles. The molecule has 0 bridgehead atoms. The van der Waals surface area contributed by atoms with Crippen molar-refractivity contribution in [3.8, 4) is 11.8 Å². The SMILES string of the molecule is N#Cc1ccc(CS(=O)CCCOc2ccc(C(=O)O)cc2)cc1. The van der Waals surface area contributed by atoms with Gasteiger partial charge in [-0.25, -0.2) is 4.79 Å². The number of hydrogen-bond donors (Lipinski definition) is 1. The van der Waals surface area contributed by atoms with Crippen LogP contribution >= 0.6 is 0 Å². The zero-order chi connectivity index (χ0) is 17.4. The zero-order valence-corrected chi connectivity index (χ0v) is 13.8. The van der Waals surface area contributed by atoms with E-state index in [1.807, 2.05) is 18.2 Å². The van der Waals surface area contributed by atoms with Crippen LogP contribution in [0.2, 0.25) is 0 Å². The Bertz CT molecular complexity index is 748. The van der Waals surface area contributed by atoms with E-state index >= 15 is 0 Å². The quantitative estimate of drug-likeness (QED) is 0.745. The van der Waals surface area contributed by atoms with Crippen LogP contribution in [0.4, 0.5) is 0 Å². The maximum atomic E-state index is 12.0. The van der Waals surface area contributed by atoms with E-state index in [0.717, 1.165) is 5.56 Å². The molecule has 0 radical (unpaired) electrons. The third-order valence-electron chi connectivity index (χ3n) is 3.30. The Hall–Kier alpha value is -2.65. The molecule has 2 rings (SSSR count). The number of aromatic carboxylic acids is 1. The third kappa shape index (κ3) is 5.52. The predicted molar refractivity (Wildman–Crippen MR) is 91.4 cm³/mol. The highest BCUT2D eigenvalue weighted by Gasteiger charge is 2.04. The predicted octanol–water partition coefficient (Wildman–Crippen LogP) is 2.97. The van der Waals surface area contributed by atoms with Gasteiger partial charge < -0.3 is 9.84 Å². The van der Waals surface area contributed by atoms with Crippen LogP contribution in [0.5, 0.6) is 5.75 Å². The standard InChI is InChI=1S/C18H17NO4S/c19-12-14-2-4-15(5-3-14)13-24(22)11-1-10-23-17-8-6-16(7-9-17)18(20)21/h2-9H,1,10-11,13H2,(H,20,21). The first kappa shape index (κ1) is 17.7. The average molecular weight is 343 g/mol. The van der Waals surface area contributed by atoms with Crippen molar-refractivity contribution in [3.63, 3.8) is 0 Å². The Labute approximate surface area is 143 Å². The van der Waals surface area contributed by atoms with Gasteiger partial charge in [0.2, 0.25) is 0 Å². The third-order valence-corrected chi connectivity index (χ3v) is 4.70.